The Bertz CT molecular complexity index is 571. The highest BCUT2D eigenvalue weighted by Crippen LogP contribution is 2.32. The van der Waals surface area contributed by atoms with Gasteiger partial charge in [0.05, 0.1) is 12.8 Å². The van der Waals surface area contributed by atoms with Crippen LogP contribution in [0.3, 0.4) is 0 Å². The molecule has 0 saturated heterocycles. The van der Waals surface area contributed by atoms with E-state index in [9.17, 15) is 0 Å². The standard InChI is InChI=1S/C15H20N2O/c1-10(2)11-6-7-12-13(9-11)17-8-4-5-14(18-3)15(17)16-12/h4-5,8,10-11H,6-7,9H2,1-3H3. The largest absolute Gasteiger partial charge is 0.493 e. The molecule has 0 amide bonds. The number of aromatic nitrogens is 2. The van der Waals surface area contributed by atoms with Gasteiger partial charge in [0.15, 0.2) is 11.4 Å². The quantitative estimate of drug-likeness (QED) is 0.811. The van der Waals surface area contributed by atoms with Crippen LogP contribution < -0.4 is 4.74 Å². The van der Waals surface area contributed by atoms with Gasteiger partial charge in [0.25, 0.3) is 0 Å². The van der Waals surface area contributed by atoms with Crippen LogP contribution in [0.2, 0.25) is 0 Å². The number of imidazole rings is 1. The third-order valence-electron chi connectivity index (χ3n) is 4.17. The average Bonchev–Trinajstić information content (AvgIpc) is 2.76. The molecule has 2 heterocycles. The minimum Gasteiger partial charge on any atom is -0.493 e. The van der Waals surface area contributed by atoms with Gasteiger partial charge in [-0.2, -0.15) is 0 Å². The molecular weight excluding hydrogens is 224 g/mol. The fourth-order valence-corrected chi connectivity index (χ4v) is 2.96. The van der Waals surface area contributed by atoms with Crippen molar-refractivity contribution in [2.75, 3.05) is 7.11 Å². The van der Waals surface area contributed by atoms with E-state index in [2.05, 4.69) is 24.4 Å². The number of aryl methyl sites for hydroxylation is 1. The number of hydrogen-bond donors (Lipinski definition) is 0. The predicted octanol–water partition coefficient (Wildman–Crippen LogP) is 3.10. The zero-order valence-electron chi connectivity index (χ0n) is 11.3. The van der Waals surface area contributed by atoms with E-state index in [-0.39, 0.29) is 0 Å². The molecule has 3 nitrogen and oxygen atoms in total. The molecule has 18 heavy (non-hydrogen) atoms. The molecule has 0 radical (unpaired) electrons. The van der Waals surface area contributed by atoms with Crippen molar-refractivity contribution in [2.24, 2.45) is 11.8 Å². The monoisotopic (exact) mass is 244 g/mol. The number of nitrogens with zero attached hydrogens (tertiary/aromatic N) is 2. The van der Waals surface area contributed by atoms with Crippen molar-refractivity contribution in [1.82, 2.24) is 9.38 Å². The molecule has 96 valence electrons. The summed E-state index contributed by atoms with van der Waals surface area (Å²) in [4.78, 5) is 4.76. The van der Waals surface area contributed by atoms with Gasteiger partial charge in [0, 0.05) is 11.9 Å². The second-order valence-electron chi connectivity index (χ2n) is 5.52. The van der Waals surface area contributed by atoms with E-state index >= 15 is 0 Å². The normalized spacial score (nSPS) is 19.2. The van der Waals surface area contributed by atoms with Crippen LogP contribution in [0, 0.1) is 11.8 Å². The first kappa shape index (κ1) is 11.6. The topological polar surface area (TPSA) is 26.5 Å². The summed E-state index contributed by atoms with van der Waals surface area (Å²) in [5, 5.41) is 0. The van der Waals surface area contributed by atoms with Crippen LogP contribution in [-0.2, 0) is 12.8 Å². The summed E-state index contributed by atoms with van der Waals surface area (Å²) in [6.45, 7) is 4.64. The molecule has 0 aliphatic heterocycles. The van der Waals surface area contributed by atoms with Crippen molar-refractivity contribution in [3.63, 3.8) is 0 Å². The lowest BCUT2D eigenvalue weighted by atomic mass is 9.82. The third-order valence-corrected chi connectivity index (χ3v) is 4.17. The maximum atomic E-state index is 5.40. The van der Waals surface area contributed by atoms with E-state index in [0.717, 1.165) is 36.1 Å². The van der Waals surface area contributed by atoms with Crippen LogP contribution in [0.5, 0.6) is 5.75 Å². The summed E-state index contributed by atoms with van der Waals surface area (Å²) in [5.74, 6) is 2.39. The summed E-state index contributed by atoms with van der Waals surface area (Å²) in [5.41, 5.74) is 3.61. The molecule has 0 bridgehead atoms. The van der Waals surface area contributed by atoms with Gasteiger partial charge in [0.2, 0.25) is 0 Å². The van der Waals surface area contributed by atoms with E-state index in [4.69, 9.17) is 9.72 Å². The highest BCUT2D eigenvalue weighted by molar-refractivity contribution is 5.56. The van der Waals surface area contributed by atoms with Crippen LogP contribution >= 0.6 is 0 Å². The smallest absolute Gasteiger partial charge is 0.180 e. The molecule has 3 rings (SSSR count). The number of pyridine rings is 1. The Hall–Kier alpha value is -1.51. The fraction of sp³-hybridized carbons (Fsp3) is 0.533. The molecule has 1 unspecified atom stereocenters. The van der Waals surface area contributed by atoms with Crippen molar-refractivity contribution in [1.29, 1.82) is 0 Å². The van der Waals surface area contributed by atoms with Crippen molar-refractivity contribution in [3.05, 3.63) is 29.7 Å². The third kappa shape index (κ3) is 1.69. The molecule has 1 aliphatic rings. The molecular formula is C15H20N2O. The molecule has 2 aromatic heterocycles. The number of ether oxygens (including phenoxy) is 1. The maximum Gasteiger partial charge on any atom is 0.180 e. The van der Waals surface area contributed by atoms with Gasteiger partial charge in [-0.25, -0.2) is 4.98 Å². The van der Waals surface area contributed by atoms with E-state index < -0.39 is 0 Å². The molecule has 0 N–H and O–H groups in total. The summed E-state index contributed by atoms with van der Waals surface area (Å²) < 4.78 is 7.61. The number of rotatable bonds is 2. The molecule has 1 atom stereocenters. The van der Waals surface area contributed by atoms with E-state index in [1.54, 1.807) is 7.11 Å². The highest BCUT2D eigenvalue weighted by Gasteiger charge is 2.25. The van der Waals surface area contributed by atoms with Crippen LogP contribution in [0.4, 0.5) is 0 Å². The number of methoxy groups -OCH3 is 1. The Labute approximate surface area is 108 Å². The summed E-state index contributed by atoms with van der Waals surface area (Å²) in [7, 11) is 1.71. The van der Waals surface area contributed by atoms with Gasteiger partial charge in [-0.1, -0.05) is 13.8 Å². The van der Waals surface area contributed by atoms with Gasteiger partial charge in [-0.3, -0.25) is 0 Å². The van der Waals surface area contributed by atoms with Crippen molar-refractivity contribution in [3.8, 4) is 5.75 Å². The number of hydrogen-bond acceptors (Lipinski definition) is 2. The Morgan fingerprint density at radius 1 is 1.44 bits per heavy atom. The predicted molar refractivity (Wildman–Crippen MR) is 72.1 cm³/mol. The molecule has 0 fully saturated rings. The van der Waals surface area contributed by atoms with Gasteiger partial charge >= 0.3 is 0 Å². The zero-order valence-corrected chi connectivity index (χ0v) is 11.3. The first-order valence-corrected chi connectivity index (χ1v) is 6.73. The SMILES string of the molecule is COc1cccn2c3c(nc12)CCC(C(C)C)C3. The minimum absolute atomic E-state index is 0.745. The lowest BCUT2D eigenvalue weighted by molar-refractivity contribution is 0.337. The summed E-state index contributed by atoms with van der Waals surface area (Å²) >= 11 is 0. The van der Waals surface area contributed by atoms with Crippen molar-refractivity contribution < 1.29 is 4.74 Å². The second kappa shape index (κ2) is 4.30. The molecule has 2 aromatic rings. The lowest BCUT2D eigenvalue weighted by Gasteiger charge is -2.25. The molecule has 0 spiro atoms. The molecule has 1 aliphatic carbocycles. The van der Waals surface area contributed by atoms with Crippen LogP contribution in [0.1, 0.15) is 31.7 Å². The first-order valence-electron chi connectivity index (χ1n) is 6.73. The Kier molecular flexibility index (Phi) is 2.77. The minimum atomic E-state index is 0.745. The maximum absolute atomic E-state index is 5.40. The van der Waals surface area contributed by atoms with Gasteiger partial charge < -0.3 is 9.14 Å². The van der Waals surface area contributed by atoms with Crippen LogP contribution in [0.15, 0.2) is 18.3 Å². The molecule has 3 heteroatoms. The van der Waals surface area contributed by atoms with Gasteiger partial charge in [-0.15, -0.1) is 0 Å². The first-order chi connectivity index (χ1) is 8.70. The van der Waals surface area contributed by atoms with Crippen molar-refractivity contribution >= 4 is 5.65 Å². The Morgan fingerprint density at radius 3 is 3.00 bits per heavy atom. The average molecular weight is 244 g/mol. The Balaban J connectivity index is 2.11. The zero-order chi connectivity index (χ0) is 12.7. The number of fused-ring (bicyclic) bond motifs is 3. The highest BCUT2D eigenvalue weighted by atomic mass is 16.5. The van der Waals surface area contributed by atoms with Crippen LogP contribution in [0.25, 0.3) is 5.65 Å². The van der Waals surface area contributed by atoms with Crippen molar-refractivity contribution in [2.45, 2.75) is 33.1 Å². The Morgan fingerprint density at radius 2 is 2.28 bits per heavy atom. The fourth-order valence-electron chi connectivity index (χ4n) is 2.96. The van der Waals surface area contributed by atoms with E-state index in [0.29, 0.717) is 0 Å². The second-order valence-corrected chi connectivity index (χ2v) is 5.52. The lowest BCUT2D eigenvalue weighted by Crippen LogP contribution is -2.19. The van der Waals surface area contributed by atoms with Gasteiger partial charge in [0.1, 0.15) is 0 Å². The molecule has 0 saturated carbocycles. The van der Waals surface area contributed by atoms with E-state index in [1.165, 1.54) is 17.8 Å². The summed E-state index contributed by atoms with van der Waals surface area (Å²) in [6.07, 6.45) is 5.60. The summed E-state index contributed by atoms with van der Waals surface area (Å²) in [6, 6.07) is 4.01. The van der Waals surface area contributed by atoms with E-state index in [1.807, 2.05) is 12.1 Å². The van der Waals surface area contributed by atoms with Gasteiger partial charge in [-0.05, 0) is 43.2 Å². The van der Waals surface area contributed by atoms with Crippen LogP contribution in [-0.4, -0.2) is 16.5 Å². The molecule has 0 aromatic carbocycles.